The Kier molecular flexibility index (Phi) is 8.84. The summed E-state index contributed by atoms with van der Waals surface area (Å²) in [4.78, 5) is 12.8. The van der Waals surface area contributed by atoms with Gasteiger partial charge in [0, 0.05) is 34.8 Å². The van der Waals surface area contributed by atoms with Crippen LogP contribution in [0.4, 0.5) is 0 Å². The van der Waals surface area contributed by atoms with Crippen LogP contribution in [0.5, 0.6) is 11.5 Å². The molecule has 0 heterocycles. The Morgan fingerprint density at radius 2 is 1.79 bits per heavy atom. The first-order valence-electron chi connectivity index (χ1n) is 10.7. The van der Waals surface area contributed by atoms with E-state index in [0.717, 1.165) is 5.56 Å². The van der Waals surface area contributed by atoms with E-state index in [0.29, 0.717) is 33.9 Å². The molecule has 3 aromatic rings. The zero-order valence-corrected chi connectivity index (χ0v) is 19.2. The Hall–Kier alpha value is -4.08. The van der Waals surface area contributed by atoms with Crippen LogP contribution in [0.25, 0.3) is 11.6 Å². The van der Waals surface area contributed by atoms with Crippen LogP contribution in [0, 0.1) is 16.7 Å². The number of ether oxygens (including phenoxy) is 1. The summed E-state index contributed by atoms with van der Waals surface area (Å²) in [5.74, 6) is 0.393. The molecule has 0 aliphatic heterocycles. The topological polar surface area (TPSA) is 106 Å². The van der Waals surface area contributed by atoms with Crippen molar-refractivity contribution in [2.24, 2.45) is 0 Å². The molecule has 0 saturated carbocycles. The van der Waals surface area contributed by atoms with Crippen LogP contribution in [0.2, 0.25) is 5.02 Å². The zero-order valence-electron chi connectivity index (χ0n) is 18.4. The summed E-state index contributed by atoms with van der Waals surface area (Å²) in [5, 5.41) is 30.1. The number of hydrogen-bond acceptors (Lipinski definition) is 5. The van der Waals surface area contributed by atoms with Gasteiger partial charge >= 0.3 is 0 Å². The van der Waals surface area contributed by atoms with E-state index in [2.05, 4.69) is 5.32 Å². The first kappa shape index (κ1) is 24.6. The summed E-state index contributed by atoms with van der Waals surface area (Å²) in [6.07, 6.45) is 2.33. The van der Waals surface area contributed by atoms with E-state index >= 15 is 0 Å². The lowest BCUT2D eigenvalue weighted by Gasteiger charge is -2.11. The Balaban J connectivity index is 1.69. The Morgan fingerprint density at radius 1 is 1.09 bits per heavy atom. The van der Waals surface area contributed by atoms with Gasteiger partial charge in [0.15, 0.2) is 0 Å². The van der Waals surface area contributed by atoms with Crippen molar-refractivity contribution in [1.29, 1.82) is 10.7 Å². The lowest BCUT2D eigenvalue weighted by molar-refractivity contribution is -0.115. The Bertz CT molecular complexity index is 1210. The molecular weight excluding hydrogens is 450 g/mol. The summed E-state index contributed by atoms with van der Waals surface area (Å²) >= 11 is 5.96. The van der Waals surface area contributed by atoms with Gasteiger partial charge in [-0.1, -0.05) is 48.0 Å². The molecule has 3 N–H and O–H groups in total. The van der Waals surface area contributed by atoms with Gasteiger partial charge in [0.2, 0.25) is 0 Å². The molecule has 7 heteroatoms. The minimum atomic E-state index is -0.282. The number of nitriles is 1. The maximum Gasteiger partial charge on any atom is 0.251 e. The number of nitrogens with zero attached hydrogens (tertiary/aromatic N) is 1. The molecule has 0 radical (unpaired) electrons. The Labute approximate surface area is 203 Å². The molecule has 1 amide bonds. The van der Waals surface area contributed by atoms with Gasteiger partial charge in [0.05, 0.1) is 19.1 Å². The number of halogens is 1. The summed E-state index contributed by atoms with van der Waals surface area (Å²) in [6.45, 7) is 0.534. The fourth-order valence-corrected chi connectivity index (χ4v) is 3.32. The second kappa shape index (κ2) is 12.2. The van der Waals surface area contributed by atoms with Crippen molar-refractivity contribution in [3.63, 3.8) is 0 Å². The third-order valence-corrected chi connectivity index (χ3v) is 5.22. The van der Waals surface area contributed by atoms with E-state index in [-0.39, 0.29) is 36.9 Å². The van der Waals surface area contributed by atoms with Crippen molar-refractivity contribution in [2.75, 3.05) is 13.2 Å². The minimum absolute atomic E-state index is 0.0740. The van der Waals surface area contributed by atoms with Crippen LogP contribution in [0.15, 0.2) is 72.8 Å². The van der Waals surface area contributed by atoms with Gasteiger partial charge in [-0.3, -0.25) is 4.79 Å². The van der Waals surface area contributed by atoms with Crippen molar-refractivity contribution in [2.45, 2.75) is 12.8 Å². The fourth-order valence-electron chi connectivity index (χ4n) is 3.20. The molecule has 0 aliphatic carbocycles. The molecule has 0 aliphatic rings. The van der Waals surface area contributed by atoms with E-state index in [9.17, 15) is 9.90 Å². The minimum Gasteiger partial charge on any atom is -0.507 e. The predicted octanol–water partition coefficient (Wildman–Crippen LogP) is 5.45. The molecule has 3 rings (SSSR count). The van der Waals surface area contributed by atoms with E-state index in [1.54, 1.807) is 66.7 Å². The second-order valence-corrected chi connectivity index (χ2v) is 7.83. The average Bonchev–Trinajstić information content (AvgIpc) is 2.84. The van der Waals surface area contributed by atoms with Crippen molar-refractivity contribution >= 4 is 34.9 Å². The smallest absolute Gasteiger partial charge is 0.251 e. The Morgan fingerprint density at radius 3 is 2.47 bits per heavy atom. The van der Waals surface area contributed by atoms with Crippen LogP contribution >= 0.6 is 11.6 Å². The predicted molar refractivity (Wildman–Crippen MR) is 134 cm³/mol. The number of phenolic OH excluding ortho intramolecular Hbond substituents is 1. The molecule has 3 aromatic carbocycles. The standard InChI is InChI=1S/C27H24ClN3O3/c28-21-10-6-19(7-11-21)18-24(27(33)31-16-3-15-29)20-8-12-22(13-9-20)34-17-14-25(30)23-4-1-2-5-26(23)32/h1-2,4-13,18,30,32H,3,14,16-17H2,(H,31,33). The van der Waals surface area contributed by atoms with E-state index in [4.69, 9.17) is 27.0 Å². The summed E-state index contributed by atoms with van der Waals surface area (Å²) in [5.41, 5.74) is 2.74. The number of carbonyl (C=O) groups is 1. The maximum absolute atomic E-state index is 12.8. The SMILES string of the molecule is N#CCCNC(=O)C(=Cc1ccc(Cl)cc1)c1ccc(OCCC(=N)c2ccccc2O)cc1. The number of rotatable bonds is 10. The highest BCUT2D eigenvalue weighted by Gasteiger charge is 2.13. The molecule has 172 valence electrons. The van der Waals surface area contributed by atoms with Gasteiger partial charge in [0.1, 0.15) is 11.5 Å². The highest BCUT2D eigenvalue weighted by atomic mass is 35.5. The highest BCUT2D eigenvalue weighted by Crippen LogP contribution is 2.23. The highest BCUT2D eigenvalue weighted by molar-refractivity contribution is 6.30. The van der Waals surface area contributed by atoms with Gasteiger partial charge in [-0.15, -0.1) is 0 Å². The number of para-hydroxylation sites is 1. The quantitative estimate of drug-likeness (QED) is 0.157. The largest absolute Gasteiger partial charge is 0.507 e. The molecular formula is C27H24ClN3O3. The molecule has 6 nitrogen and oxygen atoms in total. The third-order valence-electron chi connectivity index (χ3n) is 4.96. The third kappa shape index (κ3) is 6.96. The van der Waals surface area contributed by atoms with Crippen molar-refractivity contribution < 1.29 is 14.6 Å². The molecule has 0 aromatic heterocycles. The fraction of sp³-hybridized carbons (Fsp3) is 0.148. The van der Waals surface area contributed by atoms with E-state index in [1.165, 1.54) is 0 Å². The van der Waals surface area contributed by atoms with Gasteiger partial charge < -0.3 is 20.6 Å². The summed E-state index contributed by atoms with van der Waals surface area (Å²) < 4.78 is 5.75. The van der Waals surface area contributed by atoms with E-state index in [1.807, 2.05) is 18.2 Å². The van der Waals surface area contributed by atoms with E-state index < -0.39 is 0 Å². The normalized spacial score (nSPS) is 10.9. The first-order valence-corrected chi connectivity index (χ1v) is 11.1. The maximum atomic E-state index is 12.8. The van der Waals surface area contributed by atoms with Gasteiger partial charge in [-0.05, 0) is 53.6 Å². The van der Waals surface area contributed by atoms with Gasteiger partial charge in [0.25, 0.3) is 5.91 Å². The number of nitrogens with one attached hydrogen (secondary N) is 2. The first-order chi connectivity index (χ1) is 16.5. The van der Waals surface area contributed by atoms with Crippen LogP contribution in [-0.4, -0.2) is 29.9 Å². The average molecular weight is 474 g/mol. The lowest BCUT2D eigenvalue weighted by atomic mass is 10.0. The van der Waals surface area contributed by atoms with Crippen LogP contribution in [-0.2, 0) is 4.79 Å². The van der Waals surface area contributed by atoms with Crippen molar-refractivity contribution in [1.82, 2.24) is 5.32 Å². The second-order valence-electron chi connectivity index (χ2n) is 7.39. The molecule has 0 unspecified atom stereocenters. The zero-order chi connectivity index (χ0) is 24.3. The van der Waals surface area contributed by atoms with Gasteiger partial charge in [-0.2, -0.15) is 5.26 Å². The van der Waals surface area contributed by atoms with Crippen LogP contribution in [0.1, 0.15) is 29.5 Å². The number of phenols is 1. The van der Waals surface area contributed by atoms with Crippen molar-refractivity contribution in [3.8, 4) is 17.6 Å². The molecule has 0 fully saturated rings. The summed E-state index contributed by atoms with van der Waals surface area (Å²) in [6, 6.07) is 23.0. The van der Waals surface area contributed by atoms with Gasteiger partial charge in [-0.25, -0.2) is 0 Å². The molecule has 34 heavy (non-hydrogen) atoms. The summed E-state index contributed by atoms with van der Waals surface area (Å²) in [7, 11) is 0. The van der Waals surface area contributed by atoms with Crippen molar-refractivity contribution in [3.05, 3.63) is 94.5 Å². The lowest BCUT2D eigenvalue weighted by Crippen LogP contribution is -2.25. The molecule has 0 saturated heterocycles. The number of hydrogen-bond donors (Lipinski definition) is 3. The monoisotopic (exact) mass is 473 g/mol. The van der Waals surface area contributed by atoms with Crippen LogP contribution < -0.4 is 10.1 Å². The number of carbonyl (C=O) groups excluding carboxylic acids is 1. The molecule has 0 atom stereocenters. The van der Waals surface area contributed by atoms with Crippen LogP contribution in [0.3, 0.4) is 0 Å². The number of amides is 1. The number of benzene rings is 3. The number of aromatic hydroxyl groups is 1. The molecule has 0 bridgehead atoms. The molecule has 0 spiro atoms.